The third kappa shape index (κ3) is 2.56. The van der Waals surface area contributed by atoms with Gasteiger partial charge >= 0.3 is 0 Å². The fourth-order valence-electron chi connectivity index (χ4n) is 3.62. The molecule has 0 amide bonds. The molecule has 4 heteroatoms. The van der Waals surface area contributed by atoms with Crippen molar-refractivity contribution in [3.8, 4) is 0 Å². The number of nitrogens with one attached hydrogen (secondary N) is 1. The zero-order valence-electron chi connectivity index (χ0n) is 11.3. The lowest BCUT2D eigenvalue weighted by Crippen LogP contribution is -2.41. The summed E-state index contributed by atoms with van der Waals surface area (Å²) < 4.78 is 23.6. The molecule has 1 N–H and O–H groups in total. The molecule has 1 saturated carbocycles. The van der Waals surface area contributed by atoms with Crippen LogP contribution in [0.15, 0.2) is 24.3 Å². The fourth-order valence-corrected chi connectivity index (χ4v) is 5.02. The highest BCUT2D eigenvalue weighted by molar-refractivity contribution is 7.91. The van der Waals surface area contributed by atoms with Gasteiger partial charge in [0.2, 0.25) is 0 Å². The Labute approximate surface area is 115 Å². The highest BCUT2D eigenvalue weighted by atomic mass is 32.2. The SMILES string of the molecule is CS(=O)(=O)C1CCCC1NC1CCc2ccccc21. The van der Waals surface area contributed by atoms with Gasteiger partial charge in [0, 0.05) is 18.3 Å². The van der Waals surface area contributed by atoms with Crippen molar-refractivity contribution in [2.45, 2.75) is 49.4 Å². The largest absolute Gasteiger partial charge is 0.306 e. The molecule has 0 aliphatic heterocycles. The molecule has 0 spiro atoms. The number of rotatable bonds is 3. The molecule has 19 heavy (non-hydrogen) atoms. The fraction of sp³-hybridized carbons (Fsp3) is 0.600. The molecule has 3 rings (SSSR count). The molecule has 0 heterocycles. The third-order valence-electron chi connectivity index (χ3n) is 4.55. The van der Waals surface area contributed by atoms with Crippen molar-refractivity contribution in [3.63, 3.8) is 0 Å². The van der Waals surface area contributed by atoms with Crippen molar-refractivity contribution in [2.75, 3.05) is 6.26 Å². The van der Waals surface area contributed by atoms with E-state index in [1.54, 1.807) is 0 Å². The molecular weight excluding hydrogens is 258 g/mol. The second-order valence-electron chi connectivity index (χ2n) is 5.86. The topological polar surface area (TPSA) is 46.2 Å². The van der Waals surface area contributed by atoms with Gasteiger partial charge < -0.3 is 5.32 Å². The van der Waals surface area contributed by atoms with Gasteiger partial charge in [-0.2, -0.15) is 0 Å². The summed E-state index contributed by atoms with van der Waals surface area (Å²) in [6.07, 6.45) is 6.38. The average Bonchev–Trinajstić information content (AvgIpc) is 2.97. The highest BCUT2D eigenvalue weighted by Gasteiger charge is 2.36. The highest BCUT2D eigenvalue weighted by Crippen LogP contribution is 2.34. The molecule has 0 radical (unpaired) electrons. The first-order valence-corrected chi connectivity index (χ1v) is 9.04. The van der Waals surface area contributed by atoms with Crippen LogP contribution in [0.25, 0.3) is 0 Å². The molecule has 104 valence electrons. The van der Waals surface area contributed by atoms with Gasteiger partial charge in [-0.05, 0) is 36.8 Å². The van der Waals surface area contributed by atoms with Crippen LogP contribution in [-0.2, 0) is 16.3 Å². The molecule has 3 atom stereocenters. The van der Waals surface area contributed by atoms with Crippen LogP contribution in [-0.4, -0.2) is 26.0 Å². The monoisotopic (exact) mass is 279 g/mol. The number of hydrogen-bond donors (Lipinski definition) is 1. The van der Waals surface area contributed by atoms with Gasteiger partial charge in [0.25, 0.3) is 0 Å². The quantitative estimate of drug-likeness (QED) is 0.923. The molecule has 2 aliphatic carbocycles. The second kappa shape index (κ2) is 4.91. The molecule has 3 unspecified atom stereocenters. The molecule has 1 aromatic rings. The van der Waals surface area contributed by atoms with E-state index in [1.807, 2.05) is 0 Å². The molecular formula is C15H21NO2S. The van der Waals surface area contributed by atoms with Crippen molar-refractivity contribution >= 4 is 9.84 Å². The third-order valence-corrected chi connectivity index (χ3v) is 6.21. The van der Waals surface area contributed by atoms with Crippen LogP contribution < -0.4 is 5.32 Å². The minimum absolute atomic E-state index is 0.131. The molecule has 0 aromatic heterocycles. The molecule has 0 saturated heterocycles. The first-order valence-electron chi connectivity index (χ1n) is 7.08. The number of sulfone groups is 1. The maximum Gasteiger partial charge on any atom is 0.151 e. The number of fused-ring (bicyclic) bond motifs is 1. The Morgan fingerprint density at radius 2 is 1.95 bits per heavy atom. The Kier molecular flexibility index (Phi) is 3.39. The Morgan fingerprint density at radius 3 is 2.74 bits per heavy atom. The van der Waals surface area contributed by atoms with E-state index in [0.29, 0.717) is 6.04 Å². The van der Waals surface area contributed by atoms with Crippen molar-refractivity contribution in [1.29, 1.82) is 0 Å². The first-order chi connectivity index (χ1) is 9.05. The van der Waals surface area contributed by atoms with E-state index in [1.165, 1.54) is 17.4 Å². The molecule has 1 fully saturated rings. The second-order valence-corrected chi connectivity index (χ2v) is 8.13. The average molecular weight is 279 g/mol. The van der Waals surface area contributed by atoms with Crippen LogP contribution in [0, 0.1) is 0 Å². The predicted molar refractivity (Wildman–Crippen MR) is 76.9 cm³/mol. The van der Waals surface area contributed by atoms with Crippen molar-refractivity contribution in [3.05, 3.63) is 35.4 Å². The van der Waals surface area contributed by atoms with E-state index < -0.39 is 9.84 Å². The van der Waals surface area contributed by atoms with Gasteiger partial charge in [0.1, 0.15) is 0 Å². The Morgan fingerprint density at radius 1 is 1.16 bits per heavy atom. The summed E-state index contributed by atoms with van der Waals surface area (Å²) in [7, 11) is -2.93. The van der Waals surface area contributed by atoms with Gasteiger partial charge in [-0.15, -0.1) is 0 Å². The van der Waals surface area contributed by atoms with E-state index >= 15 is 0 Å². The van der Waals surface area contributed by atoms with E-state index in [-0.39, 0.29) is 11.3 Å². The zero-order valence-corrected chi connectivity index (χ0v) is 12.1. The first kappa shape index (κ1) is 13.1. The summed E-state index contributed by atoms with van der Waals surface area (Å²) in [6, 6.07) is 8.97. The Hall–Kier alpha value is -0.870. The number of aryl methyl sites for hydroxylation is 1. The smallest absolute Gasteiger partial charge is 0.151 e. The summed E-state index contributed by atoms with van der Waals surface area (Å²) in [5, 5.41) is 3.42. The lowest BCUT2D eigenvalue weighted by Gasteiger charge is -2.24. The molecule has 1 aromatic carbocycles. The Balaban J connectivity index is 1.76. The van der Waals surface area contributed by atoms with Gasteiger partial charge in [-0.3, -0.25) is 0 Å². The van der Waals surface area contributed by atoms with Crippen LogP contribution in [0.1, 0.15) is 42.9 Å². The van der Waals surface area contributed by atoms with E-state index in [2.05, 4.69) is 29.6 Å². The van der Waals surface area contributed by atoms with Crippen molar-refractivity contribution in [2.24, 2.45) is 0 Å². The minimum Gasteiger partial charge on any atom is -0.306 e. The van der Waals surface area contributed by atoms with Crippen LogP contribution in [0.2, 0.25) is 0 Å². The minimum atomic E-state index is -2.93. The summed E-state index contributed by atoms with van der Waals surface area (Å²) in [5.41, 5.74) is 2.77. The van der Waals surface area contributed by atoms with Gasteiger partial charge in [-0.25, -0.2) is 8.42 Å². The van der Waals surface area contributed by atoms with Crippen molar-refractivity contribution < 1.29 is 8.42 Å². The standard InChI is InChI=1S/C15H21NO2S/c1-19(17,18)15-8-4-7-14(15)16-13-10-9-11-5-2-3-6-12(11)13/h2-3,5-6,13-16H,4,7-10H2,1H3. The van der Waals surface area contributed by atoms with E-state index in [0.717, 1.165) is 32.1 Å². The lowest BCUT2D eigenvalue weighted by molar-refractivity contribution is 0.434. The Bertz CT molecular complexity index is 567. The maximum absolute atomic E-state index is 11.8. The molecule has 3 nitrogen and oxygen atoms in total. The molecule has 2 aliphatic rings. The summed E-state index contributed by atoms with van der Waals surface area (Å²) >= 11 is 0. The van der Waals surface area contributed by atoms with Crippen LogP contribution in [0.4, 0.5) is 0 Å². The van der Waals surface area contributed by atoms with Gasteiger partial charge in [0.05, 0.1) is 5.25 Å². The molecule has 0 bridgehead atoms. The van der Waals surface area contributed by atoms with E-state index in [4.69, 9.17) is 0 Å². The zero-order chi connectivity index (χ0) is 13.5. The number of benzene rings is 1. The van der Waals surface area contributed by atoms with Crippen LogP contribution >= 0.6 is 0 Å². The summed E-state index contributed by atoms with van der Waals surface area (Å²) in [6.45, 7) is 0. The van der Waals surface area contributed by atoms with Crippen molar-refractivity contribution in [1.82, 2.24) is 5.32 Å². The van der Waals surface area contributed by atoms with E-state index in [9.17, 15) is 8.42 Å². The van der Waals surface area contributed by atoms with Crippen LogP contribution in [0.5, 0.6) is 0 Å². The van der Waals surface area contributed by atoms with Gasteiger partial charge in [-0.1, -0.05) is 30.7 Å². The van der Waals surface area contributed by atoms with Gasteiger partial charge in [0.15, 0.2) is 9.84 Å². The normalized spacial score (nSPS) is 30.5. The summed E-state index contributed by atoms with van der Waals surface area (Å²) in [5.74, 6) is 0. The summed E-state index contributed by atoms with van der Waals surface area (Å²) in [4.78, 5) is 0. The number of hydrogen-bond acceptors (Lipinski definition) is 3. The lowest BCUT2D eigenvalue weighted by atomic mass is 10.1. The van der Waals surface area contributed by atoms with Crippen LogP contribution in [0.3, 0.4) is 0 Å². The maximum atomic E-state index is 11.8. The predicted octanol–water partition coefficient (Wildman–Crippen LogP) is 2.23.